The number of thiocarbonyl (C=S) groups is 1. The van der Waals surface area contributed by atoms with Gasteiger partial charge in [0.2, 0.25) is 5.91 Å². The number of likely N-dealkylation sites (tertiary alicyclic amines) is 1. The van der Waals surface area contributed by atoms with Gasteiger partial charge in [-0.15, -0.1) is 0 Å². The molecule has 7 nitrogen and oxygen atoms in total. The van der Waals surface area contributed by atoms with Crippen LogP contribution in [0.5, 0.6) is 5.75 Å². The molecule has 2 aromatic carbocycles. The lowest BCUT2D eigenvalue weighted by Crippen LogP contribution is -2.44. The van der Waals surface area contributed by atoms with Crippen LogP contribution in [0.2, 0.25) is 0 Å². The first-order chi connectivity index (χ1) is 17.4. The van der Waals surface area contributed by atoms with Gasteiger partial charge in [0, 0.05) is 12.2 Å². The molecule has 0 unspecified atom stereocenters. The molecule has 4 rings (SSSR count). The smallest absolute Gasteiger partial charge is 0.256 e. The number of carbonyl (C=O) groups excluding carboxylic acids is 2. The summed E-state index contributed by atoms with van der Waals surface area (Å²) in [5.41, 5.74) is 1.13. The minimum Gasteiger partial charge on any atom is -0.497 e. The fraction of sp³-hybridized carbons (Fsp3) is 0.444. The Morgan fingerprint density at radius 2 is 1.78 bits per heavy atom. The molecule has 2 fully saturated rings. The molecular weight excluding hydrogens is 479 g/mol. The van der Waals surface area contributed by atoms with Crippen molar-refractivity contribution < 1.29 is 18.7 Å². The van der Waals surface area contributed by atoms with Gasteiger partial charge in [-0.2, -0.15) is 0 Å². The molecule has 2 aliphatic rings. The normalized spacial score (nSPS) is 19.1. The van der Waals surface area contributed by atoms with Gasteiger partial charge in [0.25, 0.3) is 5.91 Å². The van der Waals surface area contributed by atoms with Crippen molar-refractivity contribution in [2.45, 2.75) is 38.6 Å². The molecule has 0 aromatic heterocycles. The molecule has 2 saturated heterocycles. The quantitative estimate of drug-likeness (QED) is 0.506. The van der Waals surface area contributed by atoms with Gasteiger partial charge in [-0.1, -0.05) is 6.92 Å². The Balaban J connectivity index is 1.51. The summed E-state index contributed by atoms with van der Waals surface area (Å²) in [6.45, 7) is 5.99. The fourth-order valence-electron chi connectivity index (χ4n) is 4.92. The lowest BCUT2D eigenvalue weighted by Gasteiger charge is -2.35. The maximum absolute atomic E-state index is 13.6. The molecule has 9 heteroatoms. The number of nitrogens with zero attached hydrogens (tertiary/aromatic N) is 3. The second-order valence-electron chi connectivity index (χ2n) is 9.37. The Labute approximate surface area is 217 Å². The summed E-state index contributed by atoms with van der Waals surface area (Å²) in [5.74, 6) is 0.158. The number of hydrogen-bond donors (Lipinski definition) is 1. The number of amides is 2. The number of methoxy groups -OCH3 is 1. The van der Waals surface area contributed by atoms with Gasteiger partial charge in [-0.05, 0) is 106 Å². The summed E-state index contributed by atoms with van der Waals surface area (Å²) in [6.07, 6.45) is 3.16. The van der Waals surface area contributed by atoms with Gasteiger partial charge >= 0.3 is 0 Å². The zero-order valence-corrected chi connectivity index (χ0v) is 21.6. The Morgan fingerprint density at radius 3 is 2.39 bits per heavy atom. The highest BCUT2D eigenvalue weighted by atomic mass is 32.1. The maximum Gasteiger partial charge on any atom is 0.256 e. The zero-order chi connectivity index (χ0) is 25.7. The Morgan fingerprint density at radius 1 is 1.11 bits per heavy atom. The molecule has 36 heavy (non-hydrogen) atoms. The Hall–Kier alpha value is -3.04. The molecule has 1 N–H and O–H groups in total. The minimum atomic E-state index is -0.700. The summed E-state index contributed by atoms with van der Waals surface area (Å²) in [5, 5.41) is 3.19. The topological polar surface area (TPSA) is 65.1 Å². The van der Waals surface area contributed by atoms with E-state index in [1.165, 1.54) is 29.2 Å². The summed E-state index contributed by atoms with van der Waals surface area (Å²) in [6, 6.07) is 12.0. The molecule has 2 heterocycles. The van der Waals surface area contributed by atoms with Crippen LogP contribution in [0.15, 0.2) is 48.5 Å². The van der Waals surface area contributed by atoms with Gasteiger partial charge in [-0.25, -0.2) is 4.39 Å². The average molecular weight is 513 g/mol. The van der Waals surface area contributed by atoms with E-state index in [9.17, 15) is 14.0 Å². The van der Waals surface area contributed by atoms with E-state index in [0.29, 0.717) is 34.7 Å². The van der Waals surface area contributed by atoms with Gasteiger partial charge in [0.05, 0.1) is 19.2 Å². The maximum atomic E-state index is 13.6. The largest absolute Gasteiger partial charge is 0.497 e. The number of halogens is 1. The van der Waals surface area contributed by atoms with Crippen molar-refractivity contribution in [3.8, 4) is 5.75 Å². The van der Waals surface area contributed by atoms with E-state index < -0.39 is 6.04 Å². The average Bonchev–Trinajstić information content (AvgIpc) is 3.10. The van der Waals surface area contributed by atoms with Crippen molar-refractivity contribution in [3.05, 3.63) is 54.3 Å². The minimum absolute atomic E-state index is 0.0440. The third kappa shape index (κ3) is 6.02. The Kier molecular flexibility index (Phi) is 8.53. The molecular formula is C27H33FN4O3S. The molecule has 0 spiro atoms. The first-order valence-corrected chi connectivity index (χ1v) is 12.9. The first kappa shape index (κ1) is 26.0. The predicted octanol–water partition coefficient (Wildman–Crippen LogP) is 4.29. The van der Waals surface area contributed by atoms with E-state index in [0.717, 1.165) is 38.9 Å². The molecule has 0 saturated carbocycles. The number of ether oxygens (including phenoxy) is 1. The van der Waals surface area contributed by atoms with E-state index in [2.05, 4.69) is 17.1 Å². The van der Waals surface area contributed by atoms with Gasteiger partial charge in [0.1, 0.15) is 17.6 Å². The van der Waals surface area contributed by atoms with Gasteiger partial charge in [-0.3, -0.25) is 14.5 Å². The fourth-order valence-corrected chi connectivity index (χ4v) is 5.32. The molecule has 0 radical (unpaired) electrons. The third-order valence-electron chi connectivity index (χ3n) is 6.86. The van der Waals surface area contributed by atoms with Gasteiger partial charge < -0.3 is 19.9 Å². The monoisotopic (exact) mass is 512 g/mol. The van der Waals surface area contributed by atoms with E-state index in [1.54, 1.807) is 31.4 Å². The van der Waals surface area contributed by atoms with Crippen LogP contribution >= 0.6 is 12.2 Å². The lowest BCUT2D eigenvalue weighted by molar-refractivity contribution is -0.124. The highest BCUT2D eigenvalue weighted by Crippen LogP contribution is 2.31. The van der Waals surface area contributed by atoms with Crippen LogP contribution in [0.25, 0.3) is 0 Å². The number of nitrogens with one attached hydrogen (secondary N) is 1. The first-order valence-electron chi connectivity index (χ1n) is 12.5. The molecule has 2 amide bonds. The number of hydrogen-bond acceptors (Lipinski definition) is 5. The molecule has 1 atom stereocenters. The van der Waals surface area contributed by atoms with Crippen molar-refractivity contribution in [2.24, 2.45) is 5.92 Å². The van der Waals surface area contributed by atoms with Crippen LogP contribution in [-0.4, -0.2) is 66.1 Å². The van der Waals surface area contributed by atoms with Crippen molar-refractivity contribution in [1.82, 2.24) is 9.80 Å². The SMILES string of the molecule is CCCN1CCC(CN2C(=S)N(c3ccc(OC)cc3)C(=O)[C@@H]2CC(=O)Nc2ccc(F)cc2)CC1. The van der Waals surface area contributed by atoms with Crippen molar-refractivity contribution in [3.63, 3.8) is 0 Å². The van der Waals surface area contributed by atoms with Crippen LogP contribution in [0.3, 0.4) is 0 Å². The number of carbonyl (C=O) groups is 2. The second-order valence-corrected chi connectivity index (χ2v) is 9.73. The number of rotatable bonds is 9. The summed E-state index contributed by atoms with van der Waals surface area (Å²) >= 11 is 5.81. The summed E-state index contributed by atoms with van der Waals surface area (Å²) in [4.78, 5) is 32.5. The highest BCUT2D eigenvalue weighted by molar-refractivity contribution is 7.80. The van der Waals surface area contributed by atoms with Crippen LogP contribution in [0.1, 0.15) is 32.6 Å². The van der Waals surface area contributed by atoms with Gasteiger partial charge in [0.15, 0.2) is 5.11 Å². The number of anilines is 2. The molecule has 2 aromatic rings. The lowest BCUT2D eigenvalue weighted by atomic mass is 9.95. The zero-order valence-electron chi connectivity index (χ0n) is 20.8. The van der Waals surface area contributed by atoms with Crippen molar-refractivity contribution >= 4 is 40.5 Å². The molecule has 2 aliphatic heterocycles. The van der Waals surface area contributed by atoms with E-state index in [4.69, 9.17) is 17.0 Å². The second kappa shape index (κ2) is 11.8. The predicted molar refractivity (Wildman–Crippen MR) is 143 cm³/mol. The van der Waals surface area contributed by atoms with E-state index >= 15 is 0 Å². The van der Waals surface area contributed by atoms with Crippen LogP contribution in [0, 0.1) is 11.7 Å². The highest BCUT2D eigenvalue weighted by Gasteiger charge is 2.45. The van der Waals surface area contributed by atoms with Crippen molar-refractivity contribution in [2.75, 3.05) is 43.5 Å². The van der Waals surface area contributed by atoms with E-state index in [1.807, 2.05) is 4.90 Å². The van der Waals surface area contributed by atoms with Crippen LogP contribution in [-0.2, 0) is 9.59 Å². The van der Waals surface area contributed by atoms with E-state index in [-0.39, 0.29) is 24.1 Å². The van der Waals surface area contributed by atoms with Crippen molar-refractivity contribution in [1.29, 1.82) is 0 Å². The third-order valence-corrected chi connectivity index (χ3v) is 7.27. The molecule has 192 valence electrons. The molecule has 0 aliphatic carbocycles. The standard InChI is InChI=1S/C27H33FN4O3S/c1-3-14-30-15-12-19(13-16-30)18-31-24(17-25(33)29-21-6-4-20(28)5-7-21)26(34)32(27(31)36)22-8-10-23(35-2)11-9-22/h4-11,19,24H,3,12-18H2,1-2H3,(H,29,33)/t24-/m0/s1. The molecule has 0 bridgehead atoms. The Bertz CT molecular complexity index is 1070. The number of benzene rings is 2. The van der Waals surface area contributed by atoms with Crippen LogP contribution in [0.4, 0.5) is 15.8 Å². The summed E-state index contributed by atoms with van der Waals surface area (Å²) in [7, 11) is 1.59. The van der Waals surface area contributed by atoms with Crippen LogP contribution < -0.4 is 15.0 Å². The number of piperidine rings is 1. The summed E-state index contributed by atoms with van der Waals surface area (Å²) < 4.78 is 18.5.